The molecule has 1 aliphatic rings. The van der Waals surface area contributed by atoms with Crippen molar-refractivity contribution in [2.45, 2.75) is 18.8 Å². The molecule has 1 unspecified atom stereocenters. The maximum Gasteiger partial charge on any atom is 0.321 e. The van der Waals surface area contributed by atoms with Crippen LogP contribution in [0.15, 0.2) is 66.7 Å². The Kier molecular flexibility index (Phi) is 4.20. The molecule has 4 aromatic rings. The maximum atomic E-state index is 12.9. The summed E-state index contributed by atoms with van der Waals surface area (Å²) in [6.45, 7) is 1.45. The van der Waals surface area contributed by atoms with Crippen molar-refractivity contribution >= 4 is 33.5 Å². The number of fused-ring (bicyclic) bond motifs is 2. The number of aromatic amines is 1. The molecule has 1 aromatic heterocycles. The summed E-state index contributed by atoms with van der Waals surface area (Å²) in [7, 11) is 0. The summed E-state index contributed by atoms with van der Waals surface area (Å²) in [6, 6.07) is 22.1. The molecule has 0 spiro atoms. The van der Waals surface area contributed by atoms with Crippen molar-refractivity contribution in [3.05, 3.63) is 72.6 Å². The first-order chi connectivity index (χ1) is 13.8. The lowest BCUT2D eigenvalue weighted by atomic mass is 9.97. The number of piperidine rings is 1. The molecular weight excluding hydrogens is 348 g/mol. The summed E-state index contributed by atoms with van der Waals surface area (Å²) in [6.07, 6.45) is 2.02. The van der Waals surface area contributed by atoms with Crippen molar-refractivity contribution in [3.63, 3.8) is 0 Å². The van der Waals surface area contributed by atoms with Crippen LogP contribution < -0.4 is 5.32 Å². The molecule has 1 fully saturated rings. The number of likely N-dealkylation sites (tertiary alicyclic amines) is 1. The van der Waals surface area contributed by atoms with Gasteiger partial charge in [-0.25, -0.2) is 9.78 Å². The number of imidazole rings is 1. The number of rotatable bonds is 2. The number of benzene rings is 3. The Morgan fingerprint density at radius 1 is 1.04 bits per heavy atom. The summed E-state index contributed by atoms with van der Waals surface area (Å²) in [5, 5.41) is 5.29. The smallest absolute Gasteiger partial charge is 0.321 e. The van der Waals surface area contributed by atoms with E-state index in [0.29, 0.717) is 6.54 Å². The van der Waals surface area contributed by atoms with Crippen molar-refractivity contribution in [3.8, 4) is 0 Å². The highest BCUT2D eigenvalue weighted by atomic mass is 16.2. The van der Waals surface area contributed by atoms with Crippen LogP contribution in [-0.4, -0.2) is 34.0 Å². The monoisotopic (exact) mass is 370 g/mol. The van der Waals surface area contributed by atoms with E-state index in [-0.39, 0.29) is 11.9 Å². The van der Waals surface area contributed by atoms with Crippen molar-refractivity contribution in [2.75, 3.05) is 18.4 Å². The van der Waals surface area contributed by atoms with Gasteiger partial charge < -0.3 is 15.2 Å². The van der Waals surface area contributed by atoms with E-state index in [1.807, 2.05) is 59.5 Å². The SMILES string of the molecule is O=C(Nc1cccc2ccccc12)N1CCCC(c2nc3ccccc3[nH]2)C1. The van der Waals surface area contributed by atoms with Crippen molar-refractivity contribution in [2.24, 2.45) is 0 Å². The molecule has 140 valence electrons. The van der Waals surface area contributed by atoms with Gasteiger partial charge in [-0.2, -0.15) is 0 Å². The summed E-state index contributed by atoms with van der Waals surface area (Å²) in [5.74, 6) is 1.21. The minimum atomic E-state index is -0.0443. The lowest BCUT2D eigenvalue weighted by molar-refractivity contribution is 0.191. The number of hydrogen-bond acceptors (Lipinski definition) is 2. The maximum absolute atomic E-state index is 12.9. The fourth-order valence-electron chi connectivity index (χ4n) is 4.08. The Morgan fingerprint density at radius 3 is 2.79 bits per heavy atom. The quantitative estimate of drug-likeness (QED) is 0.514. The van der Waals surface area contributed by atoms with Gasteiger partial charge in [0.25, 0.3) is 0 Å². The lowest BCUT2D eigenvalue weighted by Gasteiger charge is -2.32. The first-order valence-corrected chi connectivity index (χ1v) is 9.76. The minimum absolute atomic E-state index is 0.0443. The number of H-pyrrole nitrogens is 1. The fraction of sp³-hybridized carbons (Fsp3) is 0.217. The molecule has 1 atom stereocenters. The summed E-state index contributed by atoms with van der Waals surface area (Å²) < 4.78 is 0. The van der Waals surface area contributed by atoms with Crippen LogP contribution >= 0.6 is 0 Å². The van der Waals surface area contributed by atoms with Gasteiger partial charge in [-0.3, -0.25) is 0 Å². The van der Waals surface area contributed by atoms with Crippen LogP contribution in [0.25, 0.3) is 21.8 Å². The van der Waals surface area contributed by atoms with Gasteiger partial charge in [0.15, 0.2) is 0 Å². The molecule has 5 heteroatoms. The molecule has 0 aliphatic carbocycles. The molecule has 2 N–H and O–H groups in total. The molecule has 5 rings (SSSR count). The van der Waals surface area contributed by atoms with E-state index < -0.39 is 0 Å². The van der Waals surface area contributed by atoms with Gasteiger partial charge in [0, 0.05) is 24.4 Å². The second-order valence-corrected chi connectivity index (χ2v) is 7.38. The summed E-state index contributed by atoms with van der Waals surface area (Å²) in [5.41, 5.74) is 2.89. The van der Waals surface area contributed by atoms with E-state index in [0.717, 1.165) is 52.7 Å². The number of nitrogens with zero attached hydrogens (tertiary/aromatic N) is 2. The van der Waals surface area contributed by atoms with Gasteiger partial charge in [0.2, 0.25) is 0 Å². The Bertz CT molecular complexity index is 1110. The summed E-state index contributed by atoms with van der Waals surface area (Å²) in [4.78, 5) is 23.0. The number of para-hydroxylation sites is 2. The highest BCUT2D eigenvalue weighted by Gasteiger charge is 2.27. The molecule has 0 bridgehead atoms. The second-order valence-electron chi connectivity index (χ2n) is 7.38. The Morgan fingerprint density at radius 2 is 1.86 bits per heavy atom. The first-order valence-electron chi connectivity index (χ1n) is 9.76. The molecule has 3 aromatic carbocycles. The standard InChI is InChI=1S/C23H22N4O/c28-23(26-19-13-5-8-16-7-1-2-10-18(16)19)27-14-6-9-17(15-27)22-24-20-11-3-4-12-21(20)25-22/h1-5,7-8,10-13,17H,6,9,14-15H2,(H,24,25)(H,26,28). The van der Waals surface area contributed by atoms with Crippen molar-refractivity contribution in [1.29, 1.82) is 0 Å². The van der Waals surface area contributed by atoms with Crippen LogP contribution in [0.5, 0.6) is 0 Å². The van der Waals surface area contributed by atoms with Gasteiger partial charge in [-0.05, 0) is 36.4 Å². The van der Waals surface area contributed by atoms with Crippen LogP contribution in [0.4, 0.5) is 10.5 Å². The summed E-state index contributed by atoms with van der Waals surface area (Å²) >= 11 is 0. The number of urea groups is 1. The normalized spacial score (nSPS) is 17.1. The fourth-order valence-corrected chi connectivity index (χ4v) is 4.08. The van der Waals surface area contributed by atoms with E-state index in [9.17, 15) is 4.79 Å². The van der Waals surface area contributed by atoms with Crippen LogP contribution in [-0.2, 0) is 0 Å². The minimum Gasteiger partial charge on any atom is -0.342 e. The number of amides is 2. The van der Waals surface area contributed by atoms with Gasteiger partial charge >= 0.3 is 6.03 Å². The van der Waals surface area contributed by atoms with Gasteiger partial charge in [-0.1, -0.05) is 48.5 Å². The molecule has 2 amide bonds. The molecule has 0 radical (unpaired) electrons. The Hall–Kier alpha value is -3.34. The van der Waals surface area contributed by atoms with E-state index in [1.165, 1.54) is 0 Å². The second kappa shape index (κ2) is 7.00. The predicted octanol–water partition coefficient (Wildman–Crippen LogP) is 5.13. The van der Waals surface area contributed by atoms with Crippen molar-refractivity contribution < 1.29 is 4.79 Å². The zero-order valence-corrected chi connectivity index (χ0v) is 15.6. The largest absolute Gasteiger partial charge is 0.342 e. The molecule has 28 heavy (non-hydrogen) atoms. The van der Waals surface area contributed by atoms with E-state index in [1.54, 1.807) is 0 Å². The molecular formula is C23H22N4O. The van der Waals surface area contributed by atoms with Crippen molar-refractivity contribution in [1.82, 2.24) is 14.9 Å². The average molecular weight is 370 g/mol. The molecule has 1 saturated heterocycles. The number of nitrogens with one attached hydrogen (secondary N) is 2. The Balaban J connectivity index is 1.35. The number of carbonyl (C=O) groups is 1. The third-order valence-electron chi connectivity index (χ3n) is 5.53. The van der Waals surface area contributed by atoms with E-state index in [2.05, 4.69) is 22.4 Å². The average Bonchev–Trinajstić information content (AvgIpc) is 3.18. The zero-order chi connectivity index (χ0) is 18.9. The van der Waals surface area contributed by atoms with Gasteiger partial charge in [0.1, 0.15) is 5.82 Å². The van der Waals surface area contributed by atoms with E-state index >= 15 is 0 Å². The van der Waals surface area contributed by atoms with Crippen LogP contribution in [0.2, 0.25) is 0 Å². The van der Waals surface area contributed by atoms with E-state index in [4.69, 9.17) is 4.98 Å². The number of aromatic nitrogens is 2. The first kappa shape index (κ1) is 16.8. The number of anilines is 1. The van der Waals surface area contributed by atoms with Crippen LogP contribution in [0, 0.1) is 0 Å². The molecule has 0 saturated carbocycles. The van der Waals surface area contributed by atoms with Gasteiger partial charge in [-0.15, -0.1) is 0 Å². The third-order valence-corrected chi connectivity index (χ3v) is 5.53. The molecule has 2 heterocycles. The van der Waals surface area contributed by atoms with Crippen LogP contribution in [0.1, 0.15) is 24.6 Å². The predicted molar refractivity (Wildman–Crippen MR) is 113 cm³/mol. The molecule has 1 aliphatic heterocycles. The number of carbonyl (C=O) groups excluding carboxylic acids is 1. The number of hydrogen-bond donors (Lipinski definition) is 2. The molecule has 5 nitrogen and oxygen atoms in total. The highest BCUT2D eigenvalue weighted by Crippen LogP contribution is 2.28. The lowest BCUT2D eigenvalue weighted by Crippen LogP contribution is -2.41. The third kappa shape index (κ3) is 3.09. The Labute approximate surface area is 163 Å². The highest BCUT2D eigenvalue weighted by molar-refractivity contribution is 6.01. The topological polar surface area (TPSA) is 61.0 Å². The zero-order valence-electron chi connectivity index (χ0n) is 15.6. The van der Waals surface area contributed by atoms with Crippen LogP contribution in [0.3, 0.4) is 0 Å². The van der Waals surface area contributed by atoms with Gasteiger partial charge in [0.05, 0.1) is 16.7 Å².